The normalized spacial score (nSPS) is 21.5. The maximum absolute atomic E-state index is 2.62. The summed E-state index contributed by atoms with van der Waals surface area (Å²) in [6, 6.07) is 34.3. The van der Waals surface area contributed by atoms with Crippen LogP contribution in [0.4, 0.5) is 0 Å². The first-order valence-electron chi connectivity index (χ1n) is 16.0. The lowest BCUT2D eigenvalue weighted by atomic mass is 9.51. The quantitative estimate of drug-likeness (QED) is 0.201. The van der Waals surface area contributed by atoms with E-state index in [1.165, 1.54) is 55.3 Å². The summed E-state index contributed by atoms with van der Waals surface area (Å²) in [5, 5.41) is 2.61. The molecule has 1 nitrogen and oxygen atoms in total. The summed E-state index contributed by atoms with van der Waals surface area (Å²) >= 11 is 0. The lowest BCUT2D eigenvalue weighted by molar-refractivity contribution is 0.162. The number of aromatic nitrogens is 1. The van der Waals surface area contributed by atoms with Crippen molar-refractivity contribution in [2.24, 2.45) is 17.3 Å². The zero-order valence-corrected chi connectivity index (χ0v) is 27.1. The Hall–Kier alpha value is -3.84. The molecule has 1 heterocycles. The summed E-state index contributed by atoms with van der Waals surface area (Å²) in [6.07, 6.45) is 7.55. The fourth-order valence-corrected chi connectivity index (χ4v) is 8.24. The van der Waals surface area contributed by atoms with Crippen LogP contribution in [0.25, 0.3) is 33.1 Å². The van der Waals surface area contributed by atoms with Crippen molar-refractivity contribution in [3.8, 4) is 5.69 Å². The number of rotatable bonds is 2. The second-order valence-corrected chi connectivity index (χ2v) is 15.6. The molecule has 2 aliphatic rings. The lowest BCUT2D eigenvalue weighted by Crippen LogP contribution is -2.45. The molecule has 0 N–H and O–H groups in total. The van der Waals surface area contributed by atoms with E-state index in [0.717, 1.165) is 0 Å². The average molecular weight is 564 g/mol. The van der Waals surface area contributed by atoms with Gasteiger partial charge >= 0.3 is 0 Å². The van der Waals surface area contributed by atoms with E-state index in [4.69, 9.17) is 0 Å². The van der Waals surface area contributed by atoms with Gasteiger partial charge in [0.25, 0.3) is 0 Å². The van der Waals surface area contributed by atoms with Crippen LogP contribution in [0, 0.1) is 17.3 Å². The Bertz CT molecular complexity index is 1910. The molecule has 1 heteroatoms. The minimum Gasteiger partial charge on any atom is -0.309 e. The van der Waals surface area contributed by atoms with Crippen molar-refractivity contribution < 1.29 is 0 Å². The fourth-order valence-electron chi connectivity index (χ4n) is 8.24. The van der Waals surface area contributed by atoms with Gasteiger partial charge in [-0.15, -0.1) is 0 Å². The topological polar surface area (TPSA) is 4.93 Å². The predicted molar refractivity (Wildman–Crippen MR) is 185 cm³/mol. The monoisotopic (exact) mass is 563 g/mol. The molecule has 4 aromatic carbocycles. The minimum atomic E-state index is 0.0805. The van der Waals surface area contributed by atoms with Crippen LogP contribution < -0.4 is 0 Å². The molecule has 5 aromatic rings. The van der Waals surface area contributed by atoms with Crippen molar-refractivity contribution in [1.29, 1.82) is 0 Å². The van der Waals surface area contributed by atoms with Gasteiger partial charge in [0.1, 0.15) is 0 Å². The van der Waals surface area contributed by atoms with Gasteiger partial charge < -0.3 is 4.57 Å². The maximum Gasteiger partial charge on any atom is 0.0547 e. The molecule has 0 spiro atoms. The number of hydrogen-bond donors (Lipinski definition) is 0. The Morgan fingerprint density at radius 1 is 0.698 bits per heavy atom. The van der Waals surface area contributed by atoms with E-state index in [0.29, 0.717) is 17.8 Å². The second kappa shape index (κ2) is 9.58. The van der Waals surface area contributed by atoms with Crippen LogP contribution in [0.3, 0.4) is 0 Å². The summed E-state index contributed by atoms with van der Waals surface area (Å²) in [7, 11) is 0. The standard InChI is InChI=1S/C42H45N/c1-40(2,3)29-19-21-30(22-20-29)43-37-16-12-10-13-31(37)32-23-17-28(26-38(32)43)27-18-24-36-34(25-27)39(41(4,5)6)33-14-9-11-15-35(33)42(36,7)8/h9-26,34,36,39H,1-8H3. The predicted octanol–water partition coefficient (Wildman–Crippen LogP) is 11.4. The van der Waals surface area contributed by atoms with E-state index in [2.05, 4.69) is 169 Å². The van der Waals surface area contributed by atoms with Crippen molar-refractivity contribution in [3.05, 3.63) is 131 Å². The molecule has 0 aliphatic heterocycles. The Kier molecular flexibility index (Phi) is 6.23. The van der Waals surface area contributed by atoms with Crippen LogP contribution in [0.15, 0.2) is 109 Å². The van der Waals surface area contributed by atoms with E-state index in [1.54, 1.807) is 0 Å². The molecular weight excluding hydrogens is 518 g/mol. The number of fused-ring (bicyclic) bond motifs is 5. The summed E-state index contributed by atoms with van der Waals surface area (Å²) < 4.78 is 2.45. The first-order valence-corrected chi connectivity index (χ1v) is 16.0. The molecule has 0 bridgehead atoms. The number of para-hydroxylation sites is 1. The van der Waals surface area contributed by atoms with Crippen LogP contribution in [-0.4, -0.2) is 4.57 Å². The molecular formula is C42H45N. The van der Waals surface area contributed by atoms with Gasteiger partial charge in [-0.3, -0.25) is 0 Å². The number of hydrogen-bond acceptors (Lipinski definition) is 0. The first kappa shape index (κ1) is 28.0. The van der Waals surface area contributed by atoms with E-state index in [1.807, 2.05) is 0 Å². The zero-order chi connectivity index (χ0) is 30.3. The van der Waals surface area contributed by atoms with Crippen molar-refractivity contribution in [1.82, 2.24) is 4.57 Å². The smallest absolute Gasteiger partial charge is 0.0547 e. The number of nitrogens with zero attached hydrogens (tertiary/aromatic N) is 1. The SMILES string of the molecule is CC(C)(C)c1ccc(-n2c3ccccc3c3ccc(C4=CC5C(C(C)(C)C)c6ccccc6C(C)(C)C5C=C4)cc32)cc1. The fraction of sp³-hybridized carbons (Fsp3) is 0.333. The molecule has 0 saturated carbocycles. The number of benzene rings is 4. The van der Waals surface area contributed by atoms with Crippen molar-refractivity contribution in [2.45, 2.75) is 72.1 Å². The van der Waals surface area contributed by atoms with Crippen molar-refractivity contribution >= 4 is 27.4 Å². The van der Waals surface area contributed by atoms with Crippen molar-refractivity contribution in [2.75, 3.05) is 0 Å². The van der Waals surface area contributed by atoms with Gasteiger partial charge in [-0.05, 0) is 86.1 Å². The highest BCUT2D eigenvalue weighted by Crippen LogP contribution is 2.58. The third-order valence-corrected chi connectivity index (χ3v) is 10.4. The molecule has 3 atom stereocenters. The van der Waals surface area contributed by atoms with E-state index < -0.39 is 0 Å². The first-order chi connectivity index (χ1) is 20.4. The zero-order valence-electron chi connectivity index (χ0n) is 27.1. The molecule has 1 aromatic heterocycles. The van der Waals surface area contributed by atoms with Gasteiger partial charge in [0.2, 0.25) is 0 Å². The van der Waals surface area contributed by atoms with Gasteiger partial charge in [0, 0.05) is 16.5 Å². The Morgan fingerprint density at radius 2 is 1.37 bits per heavy atom. The molecule has 0 radical (unpaired) electrons. The molecule has 0 amide bonds. The van der Waals surface area contributed by atoms with Crippen LogP contribution in [0.5, 0.6) is 0 Å². The molecule has 2 aliphatic carbocycles. The molecule has 43 heavy (non-hydrogen) atoms. The third-order valence-electron chi connectivity index (χ3n) is 10.4. The minimum absolute atomic E-state index is 0.0805. The van der Waals surface area contributed by atoms with Gasteiger partial charge in [0.05, 0.1) is 11.0 Å². The van der Waals surface area contributed by atoms with E-state index in [-0.39, 0.29) is 16.2 Å². The van der Waals surface area contributed by atoms with Gasteiger partial charge in [0.15, 0.2) is 0 Å². The Labute approximate surface area is 258 Å². The highest BCUT2D eigenvalue weighted by atomic mass is 15.0. The van der Waals surface area contributed by atoms with E-state index in [9.17, 15) is 0 Å². The maximum atomic E-state index is 2.62. The Morgan fingerprint density at radius 3 is 2.09 bits per heavy atom. The average Bonchev–Trinajstić information content (AvgIpc) is 3.29. The molecule has 218 valence electrons. The van der Waals surface area contributed by atoms with Crippen LogP contribution >= 0.6 is 0 Å². The third kappa shape index (κ3) is 4.43. The number of allylic oxidation sites excluding steroid dienone is 4. The van der Waals surface area contributed by atoms with Gasteiger partial charge in [-0.25, -0.2) is 0 Å². The van der Waals surface area contributed by atoms with E-state index >= 15 is 0 Å². The summed E-state index contributed by atoms with van der Waals surface area (Å²) in [5.74, 6) is 1.36. The lowest BCUT2D eigenvalue weighted by Gasteiger charge is -2.52. The van der Waals surface area contributed by atoms with Crippen LogP contribution in [-0.2, 0) is 10.8 Å². The van der Waals surface area contributed by atoms with Gasteiger partial charge in [-0.1, -0.05) is 140 Å². The highest BCUT2D eigenvalue weighted by molar-refractivity contribution is 6.10. The van der Waals surface area contributed by atoms with Crippen LogP contribution in [0.1, 0.15) is 83.6 Å². The molecule has 0 saturated heterocycles. The molecule has 7 rings (SSSR count). The van der Waals surface area contributed by atoms with Gasteiger partial charge in [-0.2, -0.15) is 0 Å². The molecule has 3 unspecified atom stereocenters. The summed E-state index contributed by atoms with van der Waals surface area (Å²) in [5.41, 5.74) is 11.1. The molecule has 0 fully saturated rings. The Balaban J connectivity index is 1.39. The van der Waals surface area contributed by atoms with Crippen molar-refractivity contribution in [3.63, 3.8) is 0 Å². The largest absolute Gasteiger partial charge is 0.309 e. The summed E-state index contributed by atoms with van der Waals surface area (Å²) in [6.45, 7) is 19.0. The summed E-state index contributed by atoms with van der Waals surface area (Å²) in [4.78, 5) is 0. The second-order valence-electron chi connectivity index (χ2n) is 15.6. The van der Waals surface area contributed by atoms with Crippen LogP contribution in [0.2, 0.25) is 0 Å². The highest BCUT2D eigenvalue weighted by Gasteiger charge is 2.49.